The Morgan fingerprint density at radius 3 is 2.86 bits per heavy atom. The molecule has 104 valence electrons. The van der Waals surface area contributed by atoms with Crippen LogP contribution in [0, 0.1) is 6.92 Å². The normalized spacial score (nSPS) is 11.1. The van der Waals surface area contributed by atoms with Crippen LogP contribution >= 0.6 is 0 Å². The zero-order chi connectivity index (χ0) is 14.7. The first-order valence-electron chi connectivity index (χ1n) is 6.39. The topological polar surface area (TPSA) is 73.2 Å². The highest BCUT2D eigenvalue weighted by molar-refractivity contribution is 5.81. The second-order valence-corrected chi connectivity index (χ2v) is 4.43. The van der Waals surface area contributed by atoms with Gasteiger partial charge in [-0.25, -0.2) is 24.9 Å². The molecule has 0 amide bonds. The molecule has 6 heteroatoms. The number of ether oxygens (including phenoxy) is 1. The number of rotatable bonds is 3. The summed E-state index contributed by atoms with van der Waals surface area (Å²) in [5.74, 6) is 1.19. The van der Waals surface area contributed by atoms with Crippen molar-refractivity contribution in [2.24, 2.45) is 4.99 Å². The van der Waals surface area contributed by atoms with E-state index in [0.717, 1.165) is 11.3 Å². The number of methoxy groups -OCH3 is 1. The minimum absolute atomic E-state index is 0.477. The average Bonchev–Trinajstić information content (AvgIpc) is 2.53. The van der Waals surface area contributed by atoms with Crippen molar-refractivity contribution in [3.8, 4) is 5.75 Å². The maximum atomic E-state index is 5.31. The minimum atomic E-state index is 0.477. The van der Waals surface area contributed by atoms with Crippen LogP contribution in [-0.4, -0.2) is 33.3 Å². The fraction of sp³-hybridized carbons (Fsp3) is 0.133. The van der Waals surface area contributed by atoms with E-state index in [0.29, 0.717) is 22.7 Å². The lowest BCUT2D eigenvalue weighted by molar-refractivity contribution is 0.416. The lowest BCUT2D eigenvalue weighted by atomic mass is 10.2. The van der Waals surface area contributed by atoms with Gasteiger partial charge in [0, 0.05) is 12.4 Å². The molecule has 3 rings (SSSR count). The molecule has 0 unspecified atom stereocenters. The molecule has 0 saturated carbocycles. The van der Waals surface area contributed by atoms with Crippen molar-refractivity contribution in [3.63, 3.8) is 0 Å². The third-order valence-electron chi connectivity index (χ3n) is 2.90. The van der Waals surface area contributed by atoms with Crippen molar-refractivity contribution in [2.75, 3.05) is 7.11 Å². The summed E-state index contributed by atoms with van der Waals surface area (Å²) in [4.78, 5) is 21.1. The van der Waals surface area contributed by atoms with Gasteiger partial charge in [0.05, 0.1) is 19.5 Å². The first kappa shape index (κ1) is 13.1. The molecule has 0 spiro atoms. The fourth-order valence-electron chi connectivity index (χ4n) is 1.86. The molecule has 1 aromatic carbocycles. The van der Waals surface area contributed by atoms with E-state index in [2.05, 4.69) is 24.9 Å². The summed E-state index contributed by atoms with van der Waals surface area (Å²) in [5.41, 5.74) is 3.04. The summed E-state index contributed by atoms with van der Waals surface area (Å²) in [6, 6.07) is 5.80. The quantitative estimate of drug-likeness (QED) is 0.689. The second-order valence-electron chi connectivity index (χ2n) is 4.43. The molecule has 0 aliphatic rings. The van der Waals surface area contributed by atoms with Crippen LogP contribution in [0.2, 0.25) is 0 Å². The van der Waals surface area contributed by atoms with Crippen molar-refractivity contribution in [3.05, 3.63) is 48.2 Å². The van der Waals surface area contributed by atoms with E-state index >= 15 is 0 Å². The van der Waals surface area contributed by atoms with Gasteiger partial charge in [-0.1, -0.05) is 6.07 Å². The minimum Gasteiger partial charge on any atom is -0.494 e. The van der Waals surface area contributed by atoms with E-state index in [4.69, 9.17) is 4.74 Å². The Kier molecular flexibility index (Phi) is 3.51. The lowest BCUT2D eigenvalue weighted by Gasteiger charge is -2.04. The van der Waals surface area contributed by atoms with Crippen LogP contribution in [0.25, 0.3) is 11.2 Å². The Morgan fingerprint density at radius 2 is 2.00 bits per heavy atom. The van der Waals surface area contributed by atoms with E-state index in [1.165, 1.54) is 0 Å². The maximum absolute atomic E-state index is 5.31. The van der Waals surface area contributed by atoms with Crippen molar-refractivity contribution < 1.29 is 4.74 Å². The monoisotopic (exact) mass is 279 g/mol. The number of aryl methyl sites for hydroxylation is 1. The third kappa shape index (κ3) is 2.84. The van der Waals surface area contributed by atoms with Crippen molar-refractivity contribution >= 4 is 23.1 Å². The van der Waals surface area contributed by atoms with Crippen LogP contribution in [0.4, 0.5) is 5.69 Å². The van der Waals surface area contributed by atoms with E-state index in [9.17, 15) is 0 Å². The van der Waals surface area contributed by atoms with Crippen molar-refractivity contribution in [2.45, 2.75) is 6.92 Å². The number of hydrogen-bond donors (Lipinski definition) is 0. The van der Waals surface area contributed by atoms with Crippen LogP contribution in [0.3, 0.4) is 0 Å². The molecule has 0 N–H and O–H groups in total. The number of aromatic nitrogens is 4. The lowest BCUT2D eigenvalue weighted by Crippen LogP contribution is -1.96. The van der Waals surface area contributed by atoms with Crippen molar-refractivity contribution in [1.82, 2.24) is 19.9 Å². The van der Waals surface area contributed by atoms with E-state index in [1.807, 2.05) is 25.1 Å². The number of hydrogen-bond acceptors (Lipinski definition) is 6. The van der Waals surface area contributed by atoms with Crippen LogP contribution in [0.1, 0.15) is 11.4 Å². The Morgan fingerprint density at radius 1 is 1.14 bits per heavy atom. The van der Waals surface area contributed by atoms with Gasteiger partial charge < -0.3 is 4.74 Å². The van der Waals surface area contributed by atoms with Gasteiger partial charge in [-0.3, -0.25) is 0 Å². The van der Waals surface area contributed by atoms with Gasteiger partial charge in [0.1, 0.15) is 17.0 Å². The SMILES string of the molecule is COc1cc(C)ccc1N=Cc1ncc2nccnc2n1. The molecule has 0 aliphatic heterocycles. The van der Waals surface area contributed by atoms with Crippen LogP contribution in [-0.2, 0) is 0 Å². The first-order valence-corrected chi connectivity index (χ1v) is 6.39. The summed E-state index contributed by atoms with van der Waals surface area (Å²) < 4.78 is 5.31. The molecule has 0 fully saturated rings. The molecule has 0 radical (unpaired) electrons. The van der Waals surface area contributed by atoms with E-state index < -0.39 is 0 Å². The van der Waals surface area contributed by atoms with Crippen molar-refractivity contribution in [1.29, 1.82) is 0 Å². The second kappa shape index (κ2) is 5.62. The van der Waals surface area contributed by atoms with Crippen LogP contribution < -0.4 is 4.74 Å². The smallest absolute Gasteiger partial charge is 0.181 e. The molecule has 2 aromatic heterocycles. The zero-order valence-corrected chi connectivity index (χ0v) is 11.7. The molecule has 2 heterocycles. The predicted molar refractivity (Wildman–Crippen MR) is 80.1 cm³/mol. The highest BCUT2D eigenvalue weighted by Gasteiger charge is 2.02. The highest BCUT2D eigenvalue weighted by Crippen LogP contribution is 2.27. The summed E-state index contributed by atoms with van der Waals surface area (Å²) in [7, 11) is 1.62. The van der Waals surface area contributed by atoms with Crippen LogP contribution in [0.5, 0.6) is 5.75 Å². The van der Waals surface area contributed by atoms with Gasteiger partial charge in [0.25, 0.3) is 0 Å². The molecule has 0 bridgehead atoms. The van der Waals surface area contributed by atoms with Gasteiger partial charge in [0.15, 0.2) is 11.5 Å². The van der Waals surface area contributed by atoms with Gasteiger partial charge in [0.2, 0.25) is 0 Å². The number of fused-ring (bicyclic) bond motifs is 1. The molecule has 0 saturated heterocycles. The summed E-state index contributed by atoms with van der Waals surface area (Å²) in [5, 5.41) is 0. The molecule has 0 aliphatic carbocycles. The number of aliphatic imine (C=N–C) groups is 1. The van der Waals surface area contributed by atoms with Gasteiger partial charge in [-0.15, -0.1) is 0 Å². The molecule has 6 nitrogen and oxygen atoms in total. The molecular formula is C15H13N5O. The predicted octanol–water partition coefficient (Wildman–Crippen LogP) is 2.49. The molecule has 0 atom stereocenters. The summed E-state index contributed by atoms with van der Waals surface area (Å²) >= 11 is 0. The Hall–Kier alpha value is -2.89. The molecule has 21 heavy (non-hydrogen) atoms. The summed E-state index contributed by atoms with van der Waals surface area (Å²) in [6.07, 6.45) is 6.42. The maximum Gasteiger partial charge on any atom is 0.181 e. The van der Waals surface area contributed by atoms with Gasteiger partial charge in [-0.2, -0.15) is 0 Å². The highest BCUT2D eigenvalue weighted by atomic mass is 16.5. The Bertz CT molecular complexity index is 816. The summed E-state index contributed by atoms with van der Waals surface area (Å²) in [6.45, 7) is 2.00. The number of benzene rings is 1. The standard InChI is InChI=1S/C15H13N5O/c1-10-3-4-11(13(7-10)21-2)18-9-14-19-8-12-15(20-14)17-6-5-16-12/h3-9H,1-2H3. The van der Waals surface area contributed by atoms with E-state index in [1.54, 1.807) is 31.9 Å². The van der Waals surface area contributed by atoms with E-state index in [-0.39, 0.29) is 0 Å². The largest absolute Gasteiger partial charge is 0.494 e. The number of nitrogens with zero attached hydrogens (tertiary/aromatic N) is 5. The average molecular weight is 279 g/mol. The van der Waals surface area contributed by atoms with Gasteiger partial charge >= 0.3 is 0 Å². The van der Waals surface area contributed by atoms with Crippen LogP contribution in [0.15, 0.2) is 41.8 Å². The molecule has 3 aromatic rings. The molecular weight excluding hydrogens is 266 g/mol. The fourth-order valence-corrected chi connectivity index (χ4v) is 1.86. The van der Waals surface area contributed by atoms with Gasteiger partial charge in [-0.05, 0) is 24.6 Å². The zero-order valence-electron chi connectivity index (χ0n) is 11.7. The first-order chi connectivity index (χ1) is 10.3. The Balaban J connectivity index is 1.94. The Labute approximate surface area is 121 Å². The third-order valence-corrected chi connectivity index (χ3v) is 2.90.